The highest BCUT2D eigenvalue weighted by molar-refractivity contribution is 6.31. The molecule has 0 bridgehead atoms. The van der Waals surface area contributed by atoms with E-state index in [0.717, 1.165) is 49.8 Å². The van der Waals surface area contributed by atoms with E-state index in [-0.39, 0.29) is 5.91 Å². The highest BCUT2D eigenvalue weighted by atomic mass is 35.5. The summed E-state index contributed by atoms with van der Waals surface area (Å²) in [5.41, 5.74) is 2.23. The topological polar surface area (TPSA) is 77.2 Å². The number of H-pyrrole nitrogens is 1. The van der Waals surface area contributed by atoms with Crippen LogP contribution < -0.4 is 5.32 Å². The Morgan fingerprint density at radius 1 is 1.17 bits per heavy atom. The van der Waals surface area contributed by atoms with E-state index in [4.69, 9.17) is 11.6 Å². The lowest BCUT2D eigenvalue weighted by Gasteiger charge is -2.34. The Morgan fingerprint density at radius 3 is 2.72 bits per heavy atom. The Hall–Kier alpha value is -2.48. The first kappa shape index (κ1) is 18.5. The third kappa shape index (κ3) is 4.12. The van der Waals surface area contributed by atoms with Crippen molar-refractivity contribution >= 4 is 34.2 Å². The standard InChI is InChI=1S/C21H23ClN6O/c22-15-2-5-18-17(11-15)20(26-25-18)21(29)24-19-6-1-14(12-23-19)13-27-7-9-28(10-8-27)16-3-4-16/h1-2,5-6,11-12,16H,3-4,7-10,13H2,(H,25,26)(H,23,24,29). The fourth-order valence-electron chi connectivity index (χ4n) is 3.91. The maximum absolute atomic E-state index is 12.6. The lowest BCUT2D eigenvalue weighted by atomic mass is 10.2. The van der Waals surface area contributed by atoms with Crippen molar-refractivity contribution < 1.29 is 4.79 Å². The summed E-state index contributed by atoms with van der Waals surface area (Å²) in [6, 6.07) is 10.0. The van der Waals surface area contributed by atoms with E-state index >= 15 is 0 Å². The van der Waals surface area contributed by atoms with Crippen LogP contribution in [0.2, 0.25) is 5.02 Å². The lowest BCUT2D eigenvalue weighted by Crippen LogP contribution is -2.46. The van der Waals surface area contributed by atoms with Crippen molar-refractivity contribution in [2.45, 2.75) is 25.4 Å². The molecule has 1 aromatic carbocycles. The Kier molecular flexibility index (Phi) is 4.95. The molecule has 2 N–H and O–H groups in total. The van der Waals surface area contributed by atoms with Crippen molar-refractivity contribution in [1.29, 1.82) is 0 Å². The lowest BCUT2D eigenvalue weighted by molar-refractivity contribution is 0.102. The van der Waals surface area contributed by atoms with Gasteiger partial charge in [-0.05, 0) is 42.7 Å². The van der Waals surface area contributed by atoms with Crippen molar-refractivity contribution in [3.05, 3.63) is 52.8 Å². The van der Waals surface area contributed by atoms with Gasteiger partial charge in [0.05, 0.1) is 5.52 Å². The SMILES string of the molecule is O=C(Nc1ccc(CN2CCN(C3CC3)CC2)cn1)c1n[nH]c2ccc(Cl)cc12. The number of rotatable bonds is 5. The highest BCUT2D eigenvalue weighted by Gasteiger charge is 2.31. The van der Waals surface area contributed by atoms with Gasteiger partial charge in [-0.25, -0.2) is 4.98 Å². The number of aromatic nitrogens is 3. The summed E-state index contributed by atoms with van der Waals surface area (Å²) in [4.78, 5) is 22.1. The average molecular weight is 411 g/mol. The first-order valence-electron chi connectivity index (χ1n) is 10.0. The number of carbonyl (C=O) groups excluding carboxylic acids is 1. The number of aromatic amines is 1. The van der Waals surface area contributed by atoms with E-state index in [9.17, 15) is 4.79 Å². The predicted molar refractivity (Wildman–Crippen MR) is 113 cm³/mol. The zero-order chi connectivity index (χ0) is 19.8. The van der Waals surface area contributed by atoms with Gasteiger partial charge in [-0.2, -0.15) is 5.10 Å². The molecule has 1 saturated heterocycles. The Balaban J connectivity index is 1.20. The monoisotopic (exact) mass is 410 g/mol. The van der Waals surface area contributed by atoms with Gasteiger partial charge in [-0.3, -0.25) is 19.7 Å². The molecule has 2 aromatic heterocycles. The first-order valence-corrected chi connectivity index (χ1v) is 10.4. The second-order valence-electron chi connectivity index (χ2n) is 7.81. The van der Waals surface area contributed by atoms with Crippen molar-refractivity contribution in [3.8, 4) is 0 Å². The van der Waals surface area contributed by atoms with Crippen LogP contribution in [0.25, 0.3) is 10.9 Å². The third-order valence-corrected chi connectivity index (χ3v) is 5.92. The van der Waals surface area contributed by atoms with Crippen LogP contribution in [-0.2, 0) is 6.54 Å². The van der Waals surface area contributed by atoms with Crippen molar-refractivity contribution in [2.75, 3.05) is 31.5 Å². The van der Waals surface area contributed by atoms with E-state index in [1.807, 2.05) is 18.3 Å². The van der Waals surface area contributed by atoms with Gasteiger partial charge >= 0.3 is 0 Å². The van der Waals surface area contributed by atoms with Gasteiger partial charge in [0.25, 0.3) is 5.91 Å². The molecule has 150 valence electrons. The predicted octanol–water partition coefficient (Wildman–Crippen LogP) is 3.14. The molecule has 29 heavy (non-hydrogen) atoms. The number of pyridine rings is 1. The summed E-state index contributed by atoms with van der Waals surface area (Å²) in [7, 11) is 0. The number of nitrogens with one attached hydrogen (secondary N) is 2. The molecule has 3 aromatic rings. The summed E-state index contributed by atoms with van der Waals surface area (Å²) in [5, 5.41) is 11.0. The number of fused-ring (bicyclic) bond motifs is 1. The fourth-order valence-corrected chi connectivity index (χ4v) is 4.08. The van der Waals surface area contributed by atoms with Crippen LogP contribution in [0, 0.1) is 0 Å². The van der Waals surface area contributed by atoms with Gasteiger partial charge in [0.2, 0.25) is 0 Å². The number of amides is 1. The third-order valence-electron chi connectivity index (χ3n) is 5.68. The summed E-state index contributed by atoms with van der Waals surface area (Å²) in [6.45, 7) is 5.41. The Bertz CT molecular complexity index is 1020. The average Bonchev–Trinajstić information content (AvgIpc) is 3.49. The van der Waals surface area contributed by atoms with E-state index in [0.29, 0.717) is 21.9 Å². The van der Waals surface area contributed by atoms with E-state index in [1.54, 1.807) is 18.2 Å². The zero-order valence-electron chi connectivity index (χ0n) is 16.1. The number of anilines is 1. The molecule has 5 rings (SSSR count). The number of halogens is 1. The van der Waals surface area contributed by atoms with Crippen LogP contribution in [0.1, 0.15) is 28.9 Å². The number of benzene rings is 1. The molecule has 0 radical (unpaired) electrons. The quantitative estimate of drug-likeness (QED) is 0.675. The summed E-state index contributed by atoms with van der Waals surface area (Å²) < 4.78 is 0. The molecule has 2 fully saturated rings. The molecule has 1 saturated carbocycles. The minimum Gasteiger partial charge on any atom is -0.305 e. The summed E-state index contributed by atoms with van der Waals surface area (Å²) >= 11 is 6.04. The minimum atomic E-state index is -0.310. The largest absolute Gasteiger partial charge is 0.305 e. The second kappa shape index (κ2) is 7.74. The van der Waals surface area contributed by atoms with Crippen molar-refractivity contribution in [2.24, 2.45) is 0 Å². The molecule has 1 aliphatic carbocycles. The van der Waals surface area contributed by atoms with Crippen LogP contribution in [0.15, 0.2) is 36.5 Å². The first-order chi connectivity index (χ1) is 14.2. The molecule has 1 aliphatic heterocycles. The van der Waals surface area contributed by atoms with Gasteiger partial charge in [0, 0.05) is 55.4 Å². The molecule has 1 amide bonds. The van der Waals surface area contributed by atoms with Gasteiger partial charge in [0.15, 0.2) is 5.69 Å². The second-order valence-corrected chi connectivity index (χ2v) is 8.25. The van der Waals surface area contributed by atoms with Crippen molar-refractivity contribution in [3.63, 3.8) is 0 Å². The van der Waals surface area contributed by atoms with Crippen LogP contribution in [0.4, 0.5) is 5.82 Å². The molecule has 0 spiro atoms. The normalized spacial score (nSPS) is 18.2. The molecule has 0 unspecified atom stereocenters. The number of hydrogen-bond acceptors (Lipinski definition) is 5. The van der Waals surface area contributed by atoms with E-state index in [2.05, 4.69) is 30.3 Å². The number of hydrogen-bond donors (Lipinski definition) is 2. The van der Waals surface area contributed by atoms with Gasteiger partial charge in [-0.1, -0.05) is 17.7 Å². The van der Waals surface area contributed by atoms with Gasteiger partial charge in [0.1, 0.15) is 5.82 Å². The molecule has 2 aliphatic rings. The van der Waals surface area contributed by atoms with Crippen LogP contribution in [0.5, 0.6) is 0 Å². The van der Waals surface area contributed by atoms with E-state index < -0.39 is 0 Å². The highest BCUT2D eigenvalue weighted by Crippen LogP contribution is 2.27. The maximum atomic E-state index is 12.6. The molecule has 3 heterocycles. The molecule has 7 nitrogen and oxygen atoms in total. The zero-order valence-corrected chi connectivity index (χ0v) is 16.8. The number of piperazine rings is 1. The minimum absolute atomic E-state index is 0.307. The Morgan fingerprint density at radius 2 is 2.00 bits per heavy atom. The number of nitrogens with zero attached hydrogens (tertiary/aromatic N) is 4. The van der Waals surface area contributed by atoms with E-state index in [1.165, 1.54) is 12.8 Å². The maximum Gasteiger partial charge on any atom is 0.277 e. The Labute approximate surface area is 174 Å². The fraction of sp³-hybridized carbons (Fsp3) is 0.381. The summed E-state index contributed by atoms with van der Waals surface area (Å²) in [5.74, 6) is 0.199. The molecular weight excluding hydrogens is 388 g/mol. The summed E-state index contributed by atoms with van der Waals surface area (Å²) in [6.07, 6.45) is 4.58. The molecule has 0 atom stereocenters. The van der Waals surface area contributed by atoms with Crippen molar-refractivity contribution in [1.82, 2.24) is 25.0 Å². The number of carbonyl (C=O) groups is 1. The molecular formula is C21H23ClN6O. The van der Waals surface area contributed by atoms with Gasteiger partial charge in [-0.15, -0.1) is 0 Å². The molecule has 8 heteroatoms. The smallest absolute Gasteiger partial charge is 0.277 e. The van der Waals surface area contributed by atoms with Crippen LogP contribution >= 0.6 is 11.6 Å². The van der Waals surface area contributed by atoms with Crippen LogP contribution in [-0.4, -0.2) is 63.1 Å². The van der Waals surface area contributed by atoms with Gasteiger partial charge < -0.3 is 5.32 Å². The van der Waals surface area contributed by atoms with Crippen LogP contribution in [0.3, 0.4) is 0 Å².